The van der Waals surface area contributed by atoms with Gasteiger partial charge in [-0.2, -0.15) is 0 Å². The molecule has 82 valence electrons. The molecule has 4 nitrogen and oxygen atoms in total. The number of carbonyl (C=O) groups is 1. The second-order valence-electron chi connectivity index (χ2n) is 3.96. The standard InChI is InChI=1S/C10H20N2O2/c1-8(14-3)6-11-9-4-5-10(13)12(2)7-9/h8-9,11H,4-7H2,1-3H3. The van der Waals surface area contributed by atoms with Crippen molar-refractivity contribution in [3.05, 3.63) is 0 Å². The van der Waals surface area contributed by atoms with Gasteiger partial charge in [-0.1, -0.05) is 0 Å². The normalized spacial score (nSPS) is 25.2. The summed E-state index contributed by atoms with van der Waals surface area (Å²) < 4.78 is 5.15. The molecule has 1 aliphatic rings. The van der Waals surface area contributed by atoms with Crippen molar-refractivity contribution in [2.45, 2.75) is 31.9 Å². The highest BCUT2D eigenvalue weighted by molar-refractivity contribution is 5.76. The molecular formula is C10H20N2O2. The van der Waals surface area contributed by atoms with Crippen molar-refractivity contribution in [1.29, 1.82) is 0 Å². The maximum absolute atomic E-state index is 11.2. The fourth-order valence-electron chi connectivity index (χ4n) is 1.59. The Morgan fingerprint density at radius 1 is 1.71 bits per heavy atom. The number of nitrogens with one attached hydrogen (secondary N) is 1. The smallest absolute Gasteiger partial charge is 0.222 e. The van der Waals surface area contributed by atoms with E-state index in [1.807, 2.05) is 14.0 Å². The second kappa shape index (κ2) is 5.32. The molecule has 1 aliphatic heterocycles. The lowest BCUT2D eigenvalue weighted by Gasteiger charge is -2.30. The minimum absolute atomic E-state index is 0.234. The van der Waals surface area contributed by atoms with Crippen molar-refractivity contribution in [3.63, 3.8) is 0 Å². The van der Waals surface area contributed by atoms with Gasteiger partial charge in [-0.15, -0.1) is 0 Å². The lowest BCUT2D eigenvalue weighted by Crippen LogP contribution is -2.48. The Morgan fingerprint density at radius 3 is 3.00 bits per heavy atom. The van der Waals surface area contributed by atoms with Crippen LogP contribution in [0.25, 0.3) is 0 Å². The van der Waals surface area contributed by atoms with E-state index < -0.39 is 0 Å². The summed E-state index contributed by atoms with van der Waals surface area (Å²) in [6.07, 6.45) is 1.84. The average Bonchev–Trinajstić information content (AvgIpc) is 2.19. The number of methoxy groups -OCH3 is 1. The van der Waals surface area contributed by atoms with E-state index in [4.69, 9.17) is 4.74 Å². The van der Waals surface area contributed by atoms with Gasteiger partial charge in [-0.05, 0) is 13.3 Å². The highest BCUT2D eigenvalue weighted by Gasteiger charge is 2.22. The average molecular weight is 200 g/mol. The quantitative estimate of drug-likeness (QED) is 0.706. The highest BCUT2D eigenvalue weighted by atomic mass is 16.5. The number of piperidine rings is 1. The van der Waals surface area contributed by atoms with Gasteiger partial charge < -0.3 is 15.0 Å². The van der Waals surface area contributed by atoms with Gasteiger partial charge in [-0.25, -0.2) is 0 Å². The highest BCUT2D eigenvalue weighted by Crippen LogP contribution is 2.09. The fraction of sp³-hybridized carbons (Fsp3) is 0.900. The number of hydrogen-bond acceptors (Lipinski definition) is 3. The van der Waals surface area contributed by atoms with E-state index in [9.17, 15) is 4.79 Å². The third-order valence-electron chi connectivity index (χ3n) is 2.72. The number of likely N-dealkylation sites (N-methyl/N-ethyl adjacent to an activating group) is 1. The van der Waals surface area contributed by atoms with E-state index >= 15 is 0 Å². The van der Waals surface area contributed by atoms with Gasteiger partial charge in [0, 0.05) is 39.7 Å². The molecule has 2 atom stereocenters. The first-order chi connectivity index (χ1) is 6.63. The number of rotatable bonds is 4. The zero-order chi connectivity index (χ0) is 10.6. The molecule has 0 radical (unpaired) electrons. The lowest BCUT2D eigenvalue weighted by atomic mass is 10.1. The van der Waals surface area contributed by atoms with Crippen LogP contribution in [0.2, 0.25) is 0 Å². The van der Waals surface area contributed by atoms with Gasteiger partial charge in [0.05, 0.1) is 6.10 Å². The van der Waals surface area contributed by atoms with Crippen LogP contribution in [0.15, 0.2) is 0 Å². The molecule has 14 heavy (non-hydrogen) atoms. The van der Waals surface area contributed by atoms with Crippen LogP contribution in [0.1, 0.15) is 19.8 Å². The molecule has 2 unspecified atom stereocenters. The number of amides is 1. The Balaban J connectivity index is 2.23. The SMILES string of the molecule is COC(C)CNC1CCC(=O)N(C)C1. The van der Waals surface area contributed by atoms with Gasteiger partial charge in [-0.3, -0.25) is 4.79 Å². The molecule has 1 fully saturated rings. The van der Waals surface area contributed by atoms with Crippen LogP contribution in [0, 0.1) is 0 Å². The molecule has 1 heterocycles. The van der Waals surface area contributed by atoms with E-state index in [0.29, 0.717) is 12.5 Å². The van der Waals surface area contributed by atoms with Gasteiger partial charge >= 0.3 is 0 Å². The fourth-order valence-corrected chi connectivity index (χ4v) is 1.59. The second-order valence-corrected chi connectivity index (χ2v) is 3.96. The lowest BCUT2D eigenvalue weighted by molar-refractivity contribution is -0.132. The first-order valence-corrected chi connectivity index (χ1v) is 5.13. The van der Waals surface area contributed by atoms with Crippen molar-refractivity contribution in [2.75, 3.05) is 27.2 Å². The van der Waals surface area contributed by atoms with Gasteiger partial charge in [0.15, 0.2) is 0 Å². The first kappa shape index (κ1) is 11.5. The maximum atomic E-state index is 11.2. The van der Waals surface area contributed by atoms with Crippen molar-refractivity contribution >= 4 is 5.91 Å². The summed E-state index contributed by atoms with van der Waals surface area (Å²) in [5.74, 6) is 0.253. The Kier molecular flexibility index (Phi) is 4.35. The van der Waals surface area contributed by atoms with E-state index in [1.165, 1.54) is 0 Å². The molecular weight excluding hydrogens is 180 g/mol. The summed E-state index contributed by atoms with van der Waals surface area (Å²) in [6.45, 7) is 3.70. The van der Waals surface area contributed by atoms with Gasteiger partial charge in [0.2, 0.25) is 5.91 Å². The summed E-state index contributed by atoms with van der Waals surface area (Å²) in [7, 11) is 3.57. The third-order valence-corrected chi connectivity index (χ3v) is 2.72. The summed E-state index contributed by atoms with van der Waals surface area (Å²) >= 11 is 0. The molecule has 0 aromatic heterocycles. The first-order valence-electron chi connectivity index (χ1n) is 5.13. The van der Waals surface area contributed by atoms with E-state index in [1.54, 1.807) is 12.0 Å². The molecule has 0 spiro atoms. The zero-order valence-corrected chi connectivity index (χ0v) is 9.25. The molecule has 1 amide bonds. The Labute approximate surface area is 85.6 Å². The molecule has 4 heteroatoms. The summed E-state index contributed by atoms with van der Waals surface area (Å²) in [4.78, 5) is 13.0. The zero-order valence-electron chi connectivity index (χ0n) is 9.25. The Hall–Kier alpha value is -0.610. The minimum Gasteiger partial charge on any atom is -0.380 e. The van der Waals surface area contributed by atoms with Crippen LogP contribution in [0.5, 0.6) is 0 Å². The van der Waals surface area contributed by atoms with Crippen LogP contribution in [0.3, 0.4) is 0 Å². The van der Waals surface area contributed by atoms with Crippen molar-refractivity contribution in [2.24, 2.45) is 0 Å². The van der Waals surface area contributed by atoms with Crippen molar-refractivity contribution in [3.8, 4) is 0 Å². The summed E-state index contributed by atoms with van der Waals surface area (Å²) in [5.41, 5.74) is 0. The summed E-state index contributed by atoms with van der Waals surface area (Å²) in [5, 5.41) is 3.40. The van der Waals surface area contributed by atoms with E-state index in [2.05, 4.69) is 5.32 Å². The third kappa shape index (κ3) is 3.27. The number of carbonyl (C=O) groups excluding carboxylic acids is 1. The largest absolute Gasteiger partial charge is 0.380 e. The molecule has 1 N–H and O–H groups in total. The monoisotopic (exact) mass is 200 g/mol. The van der Waals surface area contributed by atoms with Crippen LogP contribution >= 0.6 is 0 Å². The number of ether oxygens (including phenoxy) is 1. The number of likely N-dealkylation sites (tertiary alicyclic amines) is 1. The molecule has 0 aliphatic carbocycles. The van der Waals surface area contributed by atoms with Crippen LogP contribution in [-0.2, 0) is 9.53 Å². The van der Waals surface area contributed by atoms with Gasteiger partial charge in [0.1, 0.15) is 0 Å². The topological polar surface area (TPSA) is 41.6 Å². The molecule has 0 saturated carbocycles. The minimum atomic E-state index is 0.234. The Bertz CT molecular complexity index is 197. The van der Waals surface area contributed by atoms with Crippen LogP contribution in [-0.4, -0.2) is 50.2 Å². The van der Waals surface area contributed by atoms with E-state index in [-0.39, 0.29) is 12.0 Å². The number of nitrogens with zero attached hydrogens (tertiary/aromatic N) is 1. The van der Waals surface area contributed by atoms with E-state index in [0.717, 1.165) is 19.5 Å². The predicted octanol–water partition coefficient (Wildman–Crippen LogP) is 0.232. The predicted molar refractivity (Wildman–Crippen MR) is 55.1 cm³/mol. The van der Waals surface area contributed by atoms with Crippen molar-refractivity contribution < 1.29 is 9.53 Å². The molecule has 0 aromatic carbocycles. The maximum Gasteiger partial charge on any atom is 0.222 e. The van der Waals surface area contributed by atoms with Gasteiger partial charge in [0.25, 0.3) is 0 Å². The van der Waals surface area contributed by atoms with Crippen molar-refractivity contribution in [1.82, 2.24) is 10.2 Å². The number of hydrogen-bond donors (Lipinski definition) is 1. The van der Waals surface area contributed by atoms with Crippen LogP contribution in [0.4, 0.5) is 0 Å². The molecule has 1 rings (SSSR count). The molecule has 0 bridgehead atoms. The van der Waals surface area contributed by atoms with Crippen LogP contribution < -0.4 is 5.32 Å². The molecule has 1 saturated heterocycles. The summed E-state index contributed by atoms with van der Waals surface area (Å²) in [6, 6.07) is 0.426. The Morgan fingerprint density at radius 2 is 2.43 bits per heavy atom. The molecule has 0 aromatic rings.